The summed E-state index contributed by atoms with van der Waals surface area (Å²) < 4.78 is 25.8. The fourth-order valence-corrected chi connectivity index (χ4v) is 8.92. The zero-order chi connectivity index (χ0) is 39.6. The minimum atomic E-state index is -1.79. The first-order valence-corrected chi connectivity index (χ1v) is 18.9. The van der Waals surface area contributed by atoms with Crippen LogP contribution in [0.25, 0.3) is 0 Å². The molecule has 1 amide bonds. The minimum absolute atomic E-state index is 0.00349. The van der Waals surface area contributed by atoms with Gasteiger partial charge >= 0.3 is 0 Å². The van der Waals surface area contributed by atoms with Crippen LogP contribution in [0, 0.1) is 5.41 Å². The Bertz CT molecular complexity index is 2300. The van der Waals surface area contributed by atoms with Crippen LogP contribution >= 0.6 is 0 Å². The highest BCUT2D eigenvalue weighted by Gasteiger charge is 2.56. The second-order valence-electron chi connectivity index (χ2n) is 14.9. The number of amides is 1. The van der Waals surface area contributed by atoms with Gasteiger partial charge in [0, 0.05) is 33.7 Å². The quantitative estimate of drug-likeness (QED) is 0.150. The average Bonchev–Trinajstić information content (AvgIpc) is 3.64. The fraction of sp³-hybridized carbons (Fsp3) is 0.366. The van der Waals surface area contributed by atoms with Crippen LogP contribution in [0.2, 0.25) is 0 Å². The Morgan fingerprint density at radius 3 is 2.42 bits per heavy atom. The summed E-state index contributed by atoms with van der Waals surface area (Å²) in [6.45, 7) is -0.715. The molecule has 2 fully saturated rings. The van der Waals surface area contributed by atoms with E-state index in [9.17, 15) is 34.8 Å². The predicted molar refractivity (Wildman–Crippen MR) is 200 cm³/mol. The molecule has 4 aliphatic heterocycles. The van der Waals surface area contributed by atoms with E-state index in [0.717, 1.165) is 19.3 Å². The van der Waals surface area contributed by atoms with Gasteiger partial charge in [-0.25, -0.2) is 9.89 Å². The molecule has 3 aromatic rings. The molecule has 1 saturated carbocycles. The van der Waals surface area contributed by atoms with Crippen molar-refractivity contribution in [1.29, 1.82) is 5.41 Å². The van der Waals surface area contributed by atoms with Gasteiger partial charge < -0.3 is 39.4 Å². The number of fused-ring (bicyclic) bond motifs is 7. The number of aliphatic hydroxyl groups excluding tert-OH is 4. The van der Waals surface area contributed by atoms with Gasteiger partial charge in [-0.1, -0.05) is 48.9 Å². The van der Waals surface area contributed by atoms with Gasteiger partial charge in [0.05, 0.1) is 18.4 Å². The van der Waals surface area contributed by atoms with Crippen LogP contribution < -0.4 is 19.7 Å². The summed E-state index contributed by atoms with van der Waals surface area (Å²) in [7, 11) is 0. The highest BCUT2D eigenvalue weighted by atomic mass is 16.7. The number of carbonyl (C=O) groups is 3. The van der Waals surface area contributed by atoms with E-state index in [1.165, 1.54) is 18.4 Å². The number of guanidine groups is 1. The number of nitrogens with one attached hydrogen (secondary N) is 3. The standard InChI is InChI=1S/C41H39N5O11/c42-40-44-37-28(38(53)45-40)43-19-46(37)26-11-5-4-8-21(26)20-12-16-55-41(13-6-1-7-14-41)36-32(51)31(50)33(52)39(57-36)56-34-24(20)18-25-27(35(34)54-17-15-47)30(49)23-10-3-2-9-22(23)29(25)48/h2-5,8-12,16,18,20,31-33,36,39,47,50-52H,1,6-7,13-15,17,19H2,(H2,42,45,53)/p+1. The minimum Gasteiger partial charge on any atom is -0.492 e. The van der Waals surface area contributed by atoms with E-state index in [1.54, 1.807) is 36.4 Å². The second kappa shape index (κ2) is 14.4. The van der Waals surface area contributed by atoms with Crippen LogP contribution in [0.5, 0.6) is 11.5 Å². The van der Waals surface area contributed by atoms with Crippen molar-refractivity contribution in [3.05, 3.63) is 100 Å². The first-order chi connectivity index (χ1) is 27.6. The zero-order valence-corrected chi connectivity index (χ0v) is 30.5. The predicted octanol–water partition coefficient (Wildman–Crippen LogP) is 0.790. The molecule has 0 radical (unpaired) electrons. The van der Waals surface area contributed by atoms with Crippen molar-refractivity contribution in [2.24, 2.45) is 9.98 Å². The van der Waals surface area contributed by atoms with Crippen molar-refractivity contribution in [3.8, 4) is 11.5 Å². The van der Waals surface area contributed by atoms with Gasteiger partial charge in [-0.05, 0) is 43.9 Å². The van der Waals surface area contributed by atoms with Crippen LogP contribution in [0.4, 0.5) is 5.69 Å². The van der Waals surface area contributed by atoms with Crippen molar-refractivity contribution < 1.29 is 58.7 Å². The molecular weight excluding hydrogens is 738 g/mol. The lowest BCUT2D eigenvalue weighted by Crippen LogP contribution is -3.09. The Morgan fingerprint density at radius 1 is 0.912 bits per heavy atom. The molecule has 9 rings (SSSR count). The van der Waals surface area contributed by atoms with Crippen LogP contribution in [0.1, 0.15) is 81.0 Å². The summed E-state index contributed by atoms with van der Waals surface area (Å²) >= 11 is 0. The Labute approximate surface area is 325 Å². The molecule has 7 unspecified atom stereocenters. The number of para-hydroxylation sites is 1. The van der Waals surface area contributed by atoms with E-state index in [1.807, 2.05) is 12.1 Å². The van der Waals surface area contributed by atoms with Gasteiger partial charge in [0.2, 0.25) is 18.0 Å². The maximum atomic E-state index is 14.4. The molecule has 16 heteroatoms. The molecule has 1 spiro atoms. The second-order valence-corrected chi connectivity index (χ2v) is 14.9. The van der Waals surface area contributed by atoms with Gasteiger partial charge in [0.15, 0.2) is 29.7 Å². The Kier molecular flexibility index (Phi) is 9.34. The molecular formula is C41H40N5O11+. The summed E-state index contributed by atoms with van der Waals surface area (Å²) in [5.41, 5.74) is 0.608. The lowest BCUT2D eigenvalue weighted by atomic mass is 9.76. The van der Waals surface area contributed by atoms with Crippen molar-refractivity contribution >= 4 is 40.7 Å². The number of rotatable bonds is 5. The van der Waals surface area contributed by atoms with Gasteiger partial charge in [-0.3, -0.25) is 25.1 Å². The van der Waals surface area contributed by atoms with E-state index >= 15 is 0 Å². The van der Waals surface area contributed by atoms with Gasteiger partial charge in [0.25, 0.3) is 11.7 Å². The van der Waals surface area contributed by atoms with E-state index in [0.29, 0.717) is 29.0 Å². The van der Waals surface area contributed by atoms with Crippen molar-refractivity contribution in [2.75, 3.05) is 19.9 Å². The Hall–Kier alpha value is -5.62. The third kappa shape index (κ3) is 5.98. The number of carbonyl (C=O) groups excluding carboxylic acids is 3. The maximum Gasteiger partial charge on any atom is 0.284 e. The van der Waals surface area contributed by atoms with E-state index in [4.69, 9.17) is 24.4 Å². The number of hydrogen-bond donors (Lipinski definition) is 7. The van der Waals surface area contributed by atoms with Gasteiger partial charge in [-0.15, -0.1) is 0 Å². The van der Waals surface area contributed by atoms with Crippen molar-refractivity contribution in [3.63, 3.8) is 0 Å². The van der Waals surface area contributed by atoms with Gasteiger partial charge in [-0.2, -0.15) is 4.99 Å². The molecule has 3 aromatic carbocycles. The van der Waals surface area contributed by atoms with E-state index in [-0.39, 0.29) is 70.1 Å². The number of quaternary nitrogens is 1. The number of ether oxygens (including phenoxy) is 4. The number of hydrogen-bond acceptors (Lipinski definition) is 13. The fourth-order valence-electron chi connectivity index (χ4n) is 8.92. The molecule has 1 saturated heterocycles. The SMILES string of the molecule is N=C1N=C2C(=NC[NH+]2c2ccccc2C2C=COC3(CCCCC3)C3OC(Oc4c2cc2c(c4OCCO)C(=O)c4ccccc4C2=O)C(O)C(O)C3O)C(=O)N1. The third-order valence-electron chi connectivity index (χ3n) is 11.6. The summed E-state index contributed by atoms with van der Waals surface area (Å²) in [6.07, 6.45) is -1.35. The summed E-state index contributed by atoms with van der Waals surface area (Å²) in [5.74, 6) is -2.84. The molecule has 7 N–H and O–H groups in total. The topological polar surface area (TPSA) is 234 Å². The van der Waals surface area contributed by atoms with Crippen LogP contribution in [0.15, 0.2) is 76.9 Å². The largest absolute Gasteiger partial charge is 0.492 e. The molecule has 2 aliphatic carbocycles. The monoisotopic (exact) mass is 778 g/mol. The highest BCUT2D eigenvalue weighted by molar-refractivity contribution is 6.68. The van der Waals surface area contributed by atoms with Crippen molar-refractivity contribution in [2.45, 2.75) is 74.3 Å². The number of benzene rings is 3. The first-order valence-electron chi connectivity index (χ1n) is 18.9. The smallest absolute Gasteiger partial charge is 0.284 e. The zero-order valence-electron chi connectivity index (χ0n) is 30.5. The average molecular weight is 779 g/mol. The summed E-state index contributed by atoms with van der Waals surface area (Å²) in [6, 6.07) is 15.2. The lowest BCUT2D eigenvalue weighted by molar-refractivity contribution is -0.723. The molecule has 0 aromatic heterocycles. The Morgan fingerprint density at radius 2 is 1.65 bits per heavy atom. The summed E-state index contributed by atoms with van der Waals surface area (Å²) in [4.78, 5) is 50.9. The number of aliphatic imine (C=N–C) groups is 2. The summed E-state index contributed by atoms with van der Waals surface area (Å²) in [5, 5.41) is 54.7. The molecule has 4 heterocycles. The number of amidine groups is 1. The van der Waals surface area contributed by atoms with E-state index in [2.05, 4.69) is 15.3 Å². The molecule has 2 bridgehead atoms. The molecule has 6 aliphatic rings. The third-order valence-corrected chi connectivity index (χ3v) is 11.6. The number of aliphatic hydroxyl groups is 4. The highest BCUT2D eigenvalue weighted by Crippen LogP contribution is 2.50. The number of allylic oxidation sites excluding steroid dienone is 1. The lowest BCUT2D eigenvalue weighted by Gasteiger charge is -2.49. The van der Waals surface area contributed by atoms with Gasteiger partial charge in [0.1, 0.15) is 42.3 Å². The van der Waals surface area contributed by atoms with Crippen molar-refractivity contribution in [1.82, 2.24) is 5.32 Å². The first kappa shape index (κ1) is 37.0. The molecule has 294 valence electrons. The van der Waals surface area contributed by atoms with Crippen LogP contribution in [-0.2, 0) is 14.3 Å². The molecule has 57 heavy (non-hydrogen) atoms. The molecule has 7 atom stereocenters. The Balaban J connectivity index is 1.30. The molecule has 16 nitrogen and oxygen atoms in total. The maximum absolute atomic E-state index is 14.4. The number of nitrogens with zero attached hydrogens (tertiary/aromatic N) is 2. The van der Waals surface area contributed by atoms with E-state index < -0.39 is 66.3 Å². The van der Waals surface area contributed by atoms with Crippen LogP contribution in [-0.4, -0.2) is 112 Å². The normalized spacial score (nSPS) is 28.7. The number of ketones is 2. The van der Waals surface area contributed by atoms with Crippen LogP contribution in [0.3, 0.4) is 0 Å².